The molecule has 18 heavy (non-hydrogen) atoms. The summed E-state index contributed by atoms with van der Waals surface area (Å²) in [5.74, 6) is -0.427. The van der Waals surface area contributed by atoms with Crippen LogP contribution in [0.2, 0.25) is 0 Å². The van der Waals surface area contributed by atoms with Gasteiger partial charge in [0.25, 0.3) is 5.91 Å². The van der Waals surface area contributed by atoms with Crippen LogP contribution in [0.4, 0.5) is 4.39 Å². The summed E-state index contributed by atoms with van der Waals surface area (Å²) in [6.45, 7) is 2.18. The fourth-order valence-corrected chi connectivity index (χ4v) is 2.03. The highest BCUT2D eigenvalue weighted by Gasteiger charge is 2.33. The summed E-state index contributed by atoms with van der Waals surface area (Å²) in [5.41, 5.74) is 1.17. The highest BCUT2D eigenvalue weighted by Crippen LogP contribution is 2.29. The molecule has 1 saturated carbocycles. The maximum absolute atomic E-state index is 13.0. The largest absolute Gasteiger partial charge is 0.335 e. The fourth-order valence-electron chi connectivity index (χ4n) is 2.03. The lowest BCUT2D eigenvalue weighted by Gasteiger charge is -2.22. The van der Waals surface area contributed by atoms with E-state index in [9.17, 15) is 9.18 Å². The van der Waals surface area contributed by atoms with Gasteiger partial charge < -0.3 is 4.90 Å². The van der Waals surface area contributed by atoms with Gasteiger partial charge in [-0.1, -0.05) is 0 Å². The minimum atomic E-state index is -0.334. The Bertz CT molecular complexity index is 503. The summed E-state index contributed by atoms with van der Waals surface area (Å²) < 4.78 is 13.0. The van der Waals surface area contributed by atoms with E-state index in [-0.39, 0.29) is 17.8 Å². The molecule has 0 atom stereocenters. The van der Waals surface area contributed by atoms with E-state index in [0.717, 1.165) is 12.8 Å². The molecule has 1 aromatic carbocycles. The molecule has 1 fully saturated rings. The number of nitriles is 1. The zero-order valence-corrected chi connectivity index (χ0v) is 10.3. The molecular formula is C14H15FN2O. The Morgan fingerprint density at radius 1 is 1.56 bits per heavy atom. The molecule has 0 aromatic heterocycles. The molecule has 3 nitrogen and oxygen atoms in total. The molecule has 0 unspecified atom stereocenters. The van der Waals surface area contributed by atoms with Crippen LogP contribution in [0.1, 0.15) is 35.2 Å². The second-order valence-corrected chi connectivity index (χ2v) is 4.60. The van der Waals surface area contributed by atoms with E-state index < -0.39 is 0 Å². The Kier molecular flexibility index (Phi) is 3.61. The Morgan fingerprint density at radius 3 is 2.83 bits per heavy atom. The topological polar surface area (TPSA) is 44.1 Å². The third-order valence-electron chi connectivity index (χ3n) is 3.13. The zero-order valence-electron chi connectivity index (χ0n) is 10.3. The van der Waals surface area contributed by atoms with Crippen molar-refractivity contribution in [2.75, 3.05) is 6.54 Å². The molecule has 0 aliphatic heterocycles. The molecule has 0 bridgehead atoms. The van der Waals surface area contributed by atoms with E-state index in [0.29, 0.717) is 24.1 Å². The smallest absolute Gasteiger partial charge is 0.254 e. The molecule has 1 aliphatic rings. The SMILES string of the molecule is Cc1cc(F)ccc1C(=O)N(CCC#N)C1CC1. The molecule has 1 aromatic rings. The quantitative estimate of drug-likeness (QED) is 0.819. The number of rotatable bonds is 4. The van der Waals surface area contributed by atoms with Gasteiger partial charge in [-0.15, -0.1) is 0 Å². The van der Waals surface area contributed by atoms with Crippen molar-refractivity contribution >= 4 is 5.91 Å². The Morgan fingerprint density at radius 2 is 2.28 bits per heavy atom. The minimum Gasteiger partial charge on any atom is -0.335 e. The molecule has 0 spiro atoms. The van der Waals surface area contributed by atoms with Gasteiger partial charge in [0.15, 0.2) is 0 Å². The van der Waals surface area contributed by atoms with Crippen LogP contribution in [0, 0.1) is 24.1 Å². The summed E-state index contributed by atoms with van der Waals surface area (Å²) in [7, 11) is 0. The van der Waals surface area contributed by atoms with Crippen LogP contribution in [0.3, 0.4) is 0 Å². The first-order valence-corrected chi connectivity index (χ1v) is 6.07. The van der Waals surface area contributed by atoms with Crippen molar-refractivity contribution in [3.63, 3.8) is 0 Å². The fraction of sp³-hybridized carbons (Fsp3) is 0.429. The number of hydrogen-bond donors (Lipinski definition) is 0. The van der Waals surface area contributed by atoms with Gasteiger partial charge in [-0.05, 0) is 43.5 Å². The summed E-state index contributed by atoms with van der Waals surface area (Å²) in [4.78, 5) is 14.1. The first-order chi connectivity index (χ1) is 8.63. The van der Waals surface area contributed by atoms with E-state index in [1.54, 1.807) is 11.8 Å². The first-order valence-electron chi connectivity index (χ1n) is 6.07. The monoisotopic (exact) mass is 246 g/mol. The number of benzene rings is 1. The second kappa shape index (κ2) is 5.18. The Hall–Kier alpha value is -1.89. The summed E-state index contributed by atoms with van der Waals surface area (Å²) in [6, 6.07) is 6.50. The summed E-state index contributed by atoms with van der Waals surface area (Å²) in [6.07, 6.45) is 2.33. The van der Waals surface area contributed by atoms with Gasteiger partial charge in [0.05, 0.1) is 12.5 Å². The molecule has 0 saturated heterocycles. The molecule has 0 N–H and O–H groups in total. The van der Waals surface area contributed by atoms with Crippen molar-refractivity contribution in [3.8, 4) is 6.07 Å². The van der Waals surface area contributed by atoms with Gasteiger partial charge in [0, 0.05) is 18.2 Å². The second-order valence-electron chi connectivity index (χ2n) is 4.60. The van der Waals surface area contributed by atoms with E-state index in [1.165, 1.54) is 18.2 Å². The molecule has 2 rings (SSSR count). The normalized spacial score (nSPS) is 14.1. The van der Waals surface area contributed by atoms with Crippen LogP contribution in [0.5, 0.6) is 0 Å². The number of aryl methyl sites for hydroxylation is 1. The van der Waals surface area contributed by atoms with Crippen LogP contribution < -0.4 is 0 Å². The molecular weight excluding hydrogens is 231 g/mol. The van der Waals surface area contributed by atoms with Crippen LogP contribution in [0.25, 0.3) is 0 Å². The van der Waals surface area contributed by atoms with Gasteiger partial charge in [0.1, 0.15) is 5.82 Å². The van der Waals surface area contributed by atoms with Gasteiger partial charge in [-0.2, -0.15) is 5.26 Å². The van der Waals surface area contributed by atoms with Gasteiger partial charge >= 0.3 is 0 Å². The average molecular weight is 246 g/mol. The van der Waals surface area contributed by atoms with Crippen molar-refractivity contribution in [1.29, 1.82) is 5.26 Å². The van der Waals surface area contributed by atoms with Crippen molar-refractivity contribution in [3.05, 3.63) is 35.1 Å². The molecule has 1 amide bonds. The van der Waals surface area contributed by atoms with Crippen molar-refractivity contribution < 1.29 is 9.18 Å². The van der Waals surface area contributed by atoms with Gasteiger partial charge in [-0.3, -0.25) is 4.79 Å². The van der Waals surface area contributed by atoms with Crippen molar-refractivity contribution in [2.45, 2.75) is 32.2 Å². The van der Waals surface area contributed by atoms with Crippen molar-refractivity contribution in [2.24, 2.45) is 0 Å². The lowest BCUT2D eigenvalue weighted by molar-refractivity contribution is 0.0746. The van der Waals surface area contributed by atoms with Crippen molar-refractivity contribution in [1.82, 2.24) is 4.90 Å². The molecule has 94 valence electrons. The van der Waals surface area contributed by atoms with Crippen LogP contribution in [-0.4, -0.2) is 23.4 Å². The van der Waals surface area contributed by atoms with Gasteiger partial charge in [0.2, 0.25) is 0 Å². The molecule has 1 aliphatic carbocycles. The third-order valence-corrected chi connectivity index (χ3v) is 3.13. The summed E-state index contributed by atoms with van der Waals surface area (Å²) >= 11 is 0. The maximum Gasteiger partial charge on any atom is 0.254 e. The predicted octanol–water partition coefficient (Wildman–Crippen LogP) is 2.65. The number of hydrogen-bond acceptors (Lipinski definition) is 2. The predicted molar refractivity (Wildman–Crippen MR) is 65.4 cm³/mol. The number of carbonyl (C=O) groups excluding carboxylic acids is 1. The molecule has 0 heterocycles. The van der Waals surface area contributed by atoms with Crippen LogP contribution >= 0.6 is 0 Å². The lowest BCUT2D eigenvalue weighted by atomic mass is 10.1. The molecule has 0 radical (unpaired) electrons. The third kappa shape index (κ3) is 2.67. The minimum absolute atomic E-state index is 0.0924. The van der Waals surface area contributed by atoms with E-state index in [4.69, 9.17) is 5.26 Å². The summed E-state index contributed by atoms with van der Waals surface area (Å²) in [5, 5.41) is 8.62. The van der Waals surface area contributed by atoms with E-state index >= 15 is 0 Å². The van der Waals surface area contributed by atoms with Crippen LogP contribution in [0.15, 0.2) is 18.2 Å². The molecule has 4 heteroatoms. The zero-order chi connectivity index (χ0) is 13.1. The number of carbonyl (C=O) groups is 1. The van der Waals surface area contributed by atoms with E-state index in [2.05, 4.69) is 6.07 Å². The lowest BCUT2D eigenvalue weighted by Crippen LogP contribution is -2.34. The maximum atomic E-state index is 13.0. The Balaban J connectivity index is 2.19. The highest BCUT2D eigenvalue weighted by atomic mass is 19.1. The first kappa shape index (κ1) is 12.6. The van der Waals surface area contributed by atoms with E-state index in [1.807, 2.05) is 0 Å². The number of nitrogens with zero attached hydrogens (tertiary/aromatic N) is 2. The average Bonchev–Trinajstić information content (AvgIpc) is 3.13. The highest BCUT2D eigenvalue weighted by molar-refractivity contribution is 5.96. The number of halogens is 1. The standard InChI is InChI=1S/C14H15FN2O/c1-10-9-11(15)3-6-13(10)14(18)17(8-2-7-16)12-4-5-12/h3,6,9,12H,2,4-5,8H2,1H3. The Labute approximate surface area is 106 Å². The van der Waals surface area contributed by atoms with Gasteiger partial charge in [-0.25, -0.2) is 4.39 Å². The van der Waals surface area contributed by atoms with Crippen LogP contribution in [-0.2, 0) is 0 Å². The number of amides is 1.